The van der Waals surface area contributed by atoms with Crippen LogP contribution < -0.4 is 9.80 Å². The minimum absolute atomic E-state index is 0.247. The molecule has 2 unspecified atom stereocenters. The summed E-state index contributed by atoms with van der Waals surface area (Å²) in [5.74, 6) is -2.49. The van der Waals surface area contributed by atoms with Crippen molar-refractivity contribution in [2.24, 2.45) is 5.92 Å². The van der Waals surface area contributed by atoms with E-state index >= 15 is 0 Å². The minimum Gasteiger partial charge on any atom is -0.378 e. The summed E-state index contributed by atoms with van der Waals surface area (Å²) in [6.07, 6.45) is 0. The van der Waals surface area contributed by atoms with E-state index in [9.17, 15) is 14.4 Å². The highest BCUT2D eigenvalue weighted by molar-refractivity contribution is 6.48. The van der Waals surface area contributed by atoms with Crippen LogP contribution in [-0.2, 0) is 14.3 Å². The summed E-state index contributed by atoms with van der Waals surface area (Å²) < 4.78 is 5.45. The average molecular weight is 499 g/mol. The molecule has 190 valence electrons. The van der Waals surface area contributed by atoms with Crippen LogP contribution in [-0.4, -0.2) is 54.0 Å². The number of rotatable bonds is 6. The predicted molar refractivity (Wildman–Crippen MR) is 140 cm³/mol. The topological polar surface area (TPSA) is 92.7 Å². The zero-order valence-corrected chi connectivity index (χ0v) is 21.3. The fraction of sp³-hybridized carbons (Fsp3) is 0.345. The Kier molecular flexibility index (Phi) is 6.84. The number of benzene rings is 2. The van der Waals surface area contributed by atoms with Gasteiger partial charge in [-0.05, 0) is 48.2 Å². The molecule has 1 aromatic heterocycles. The van der Waals surface area contributed by atoms with Crippen LogP contribution in [0.15, 0.2) is 60.7 Å². The number of aryl methyl sites for hydroxylation is 1. The molecule has 3 aromatic rings. The number of amides is 1. The monoisotopic (exact) mass is 498 g/mol. The van der Waals surface area contributed by atoms with Crippen molar-refractivity contribution < 1.29 is 19.1 Å². The van der Waals surface area contributed by atoms with Gasteiger partial charge in [0.25, 0.3) is 5.91 Å². The molecular weight excluding hydrogens is 468 g/mol. The number of ketones is 2. The molecule has 3 heterocycles. The van der Waals surface area contributed by atoms with Crippen LogP contribution in [0.4, 0.5) is 11.5 Å². The number of carbonyl (C=O) groups is 3. The first-order chi connectivity index (χ1) is 17.8. The lowest BCUT2D eigenvalue weighted by Crippen LogP contribution is -2.36. The summed E-state index contributed by atoms with van der Waals surface area (Å²) in [4.78, 5) is 44.0. The number of hydrogen-bond acceptors (Lipinski definition) is 7. The van der Waals surface area contributed by atoms with Crippen LogP contribution in [0, 0.1) is 12.8 Å². The van der Waals surface area contributed by atoms with E-state index < -0.39 is 23.7 Å². The zero-order chi connectivity index (χ0) is 26.1. The molecule has 2 fully saturated rings. The number of morpholine rings is 1. The Morgan fingerprint density at radius 3 is 2.19 bits per heavy atom. The van der Waals surface area contributed by atoms with Gasteiger partial charge in [0.1, 0.15) is 5.92 Å². The van der Waals surface area contributed by atoms with Crippen molar-refractivity contribution in [1.82, 2.24) is 10.2 Å². The van der Waals surface area contributed by atoms with Gasteiger partial charge in [0.2, 0.25) is 5.78 Å². The third-order valence-electron chi connectivity index (χ3n) is 7.09. The molecule has 8 heteroatoms. The van der Waals surface area contributed by atoms with Crippen molar-refractivity contribution >= 4 is 29.0 Å². The number of carbonyl (C=O) groups excluding carboxylic acids is 3. The van der Waals surface area contributed by atoms with Crippen LogP contribution in [0.25, 0.3) is 0 Å². The zero-order valence-electron chi connectivity index (χ0n) is 21.3. The molecule has 0 spiro atoms. The number of hydrogen-bond donors (Lipinski definition) is 0. The van der Waals surface area contributed by atoms with E-state index in [2.05, 4.69) is 28.9 Å². The van der Waals surface area contributed by atoms with Crippen LogP contribution >= 0.6 is 0 Å². The summed E-state index contributed by atoms with van der Waals surface area (Å²) >= 11 is 0. The highest BCUT2D eigenvalue weighted by Gasteiger charge is 2.52. The van der Waals surface area contributed by atoms with E-state index in [1.807, 2.05) is 36.4 Å². The third-order valence-corrected chi connectivity index (χ3v) is 7.09. The minimum atomic E-state index is -1.19. The molecule has 5 rings (SSSR count). The molecule has 0 radical (unpaired) electrons. The predicted octanol–water partition coefficient (Wildman–Crippen LogP) is 3.90. The van der Waals surface area contributed by atoms with Crippen LogP contribution in [0.3, 0.4) is 0 Å². The molecule has 8 nitrogen and oxygen atoms in total. The maximum Gasteiger partial charge on any atom is 0.297 e. The van der Waals surface area contributed by atoms with Crippen molar-refractivity contribution in [3.63, 3.8) is 0 Å². The first kappa shape index (κ1) is 24.8. The lowest BCUT2D eigenvalue weighted by molar-refractivity contribution is -0.135. The Labute approximate surface area is 216 Å². The first-order valence-electron chi connectivity index (χ1n) is 12.6. The Hall–Kier alpha value is -3.91. The molecule has 0 N–H and O–H groups in total. The largest absolute Gasteiger partial charge is 0.378 e. The lowest BCUT2D eigenvalue weighted by atomic mass is 9.85. The third kappa shape index (κ3) is 4.76. The number of ether oxygens (including phenoxy) is 1. The van der Waals surface area contributed by atoms with Gasteiger partial charge < -0.3 is 9.64 Å². The van der Waals surface area contributed by atoms with E-state index in [4.69, 9.17) is 4.74 Å². The van der Waals surface area contributed by atoms with Gasteiger partial charge in [0.05, 0.1) is 24.9 Å². The van der Waals surface area contributed by atoms with Crippen LogP contribution in [0.1, 0.15) is 53.0 Å². The van der Waals surface area contributed by atoms with Gasteiger partial charge in [-0.15, -0.1) is 5.10 Å². The summed E-state index contributed by atoms with van der Waals surface area (Å²) in [6, 6.07) is 17.5. The molecule has 0 bridgehead atoms. The van der Waals surface area contributed by atoms with Crippen molar-refractivity contribution in [1.29, 1.82) is 0 Å². The smallest absolute Gasteiger partial charge is 0.297 e. The second-order valence-corrected chi connectivity index (χ2v) is 9.83. The van der Waals surface area contributed by atoms with Crippen molar-refractivity contribution in [3.05, 3.63) is 83.0 Å². The van der Waals surface area contributed by atoms with Gasteiger partial charge in [-0.2, -0.15) is 5.10 Å². The van der Waals surface area contributed by atoms with Crippen LogP contribution in [0.5, 0.6) is 0 Å². The van der Waals surface area contributed by atoms with Gasteiger partial charge >= 0.3 is 0 Å². The number of aromatic nitrogens is 2. The van der Waals surface area contributed by atoms with Crippen molar-refractivity contribution in [2.75, 3.05) is 36.1 Å². The van der Waals surface area contributed by atoms with Gasteiger partial charge in [0.15, 0.2) is 11.6 Å². The van der Waals surface area contributed by atoms with E-state index in [0.717, 1.165) is 24.3 Å². The van der Waals surface area contributed by atoms with E-state index in [1.54, 1.807) is 31.2 Å². The Bertz CT molecular complexity index is 1300. The standard InChI is InChI=1S/C29H30N4O4/c1-18(2)20-5-7-22(8-6-20)27(34)25-26(21-9-11-23(12-10-21)32-14-16-37-17-15-32)33(29(36)28(25)35)24-13-4-19(3)30-31-24/h4-13,18,25-26H,14-17H2,1-3H3. The summed E-state index contributed by atoms with van der Waals surface area (Å²) in [7, 11) is 0. The van der Waals surface area contributed by atoms with Crippen molar-refractivity contribution in [2.45, 2.75) is 32.7 Å². The molecule has 0 saturated carbocycles. The van der Waals surface area contributed by atoms with Crippen LogP contribution in [0.2, 0.25) is 0 Å². The molecule has 2 saturated heterocycles. The Morgan fingerprint density at radius 1 is 0.919 bits per heavy atom. The summed E-state index contributed by atoms with van der Waals surface area (Å²) in [5.41, 5.74) is 3.90. The highest BCUT2D eigenvalue weighted by Crippen LogP contribution is 2.41. The summed E-state index contributed by atoms with van der Waals surface area (Å²) in [5, 5.41) is 8.26. The molecular formula is C29H30N4O4. The second-order valence-electron chi connectivity index (χ2n) is 9.83. The Morgan fingerprint density at radius 2 is 1.59 bits per heavy atom. The number of Topliss-reactive ketones (excluding diaryl/α,β-unsaturated/α-hetero) is 2. The Balaban J connectivity index is 1.55. The second kappa shape index (κ2) is 10.2. The maximum absolute atomic E-state index is 13.8. The molecule has 2 atom stereocenters. The highest BCUT2D eigenvalue weighted by atomic mass is 16.5. The molecule has 1 amide bonds. The van der Waals surface area contributed by atoms with E-state index in [0.29, 0.717) is 36.0 Å². The maximum atomic E-state index is 13.8. The lowest BCUT2D eigenvalue weighted by Gasteiger charge is -2.30. The molecule has 37 heavy (non-hydrogen) atoms. The quantitative estimate of drug-likeness (QED) is 0.289. The summed E-state index contributed by atoms with van der Waals surface area (Å²) in [6.45, 7) is 8.86. The SMILES string of the molecule is Cc1ccc(N2C(=O)C(=O)C(C(=O)c3ccc(C(C)C)cc3)C2c2ccc(N3CCOCC3)cc2)nn1. The number of anilines is 2. The molecule has 2 aliphatic heterocycles. The normalized spacial score (nSPS) is 20.1. The van der Waals surface area contributed by atoms with Gasteiger partial charge in [-0.3, -0.25) is 19.3 Å². The van der Waals surface area contributed by atoms with Gasteiger partial charge in [-0.1, -0.05) is 50.2 Å². The van der Waals surface area contributed by atoms with E-state index in [-0.39, 0.29) is 11.6 Å². The van der Waals surface area contributed by atoms with Crippen molar-refractivity contribution in [3.8, 4) is 0 Å². The van der Waals surface area contributed by atoms with Gasteiger partial charge in [0, 0.05) is 24.3 Å². The molecule has 2 aromatic carbocycles. The van der Waals surface area contributed by atoms with Gasteiger partial charge in [-0.25, -0.2) is 0 Å². The fourth-order valence-corrected chi connectivity index (χ4v) is 4.96. The average Bonchev–Trinajstić information content (AvgIpc) is 3.19. The molecule has 0 aliphatic carbocycles. The molecule has 2 aliphatic rings. The van der Waals surface area contributed by atoms with E-state index in [1.165, 1.54) is 4.90 Å². The number of nitrogens with zero attached hydrogens (tertiary/aromatic N) is 4. The fourth-order valence-electron chi connectivity index (χ4n) is 4.96. The first-order valence-corrected chi connectivity index (χ1v) is 12.6.